The number of thioether (sulfide) groups is 1. The topological polar surface area (TPSA) is 75.6 Å². The Balaban J connectivity index is 2.36. The van der Waals surface area contributed by atoms with Crippen LogP contribution in [-0.2, 0) is 16.1 Å². The first-order valence-corrected chi connectivity index (χ1v) is 7.13. The highest BCUT2D eigenvalue weighted by molar-refractivity contribution is 7.99. The van der Waals surface area contributed by atoms with Gasteiger partial charge in [-0.3, -0.25) is 0 Å². The summed E-state index contributed by atoms with van der Waals surface area (Å²) in [4.78, 5) is 22.4. The monoisotopic (exact) mass is 319 g/mol. The van der Waals surface area contributed by atoms with Crippen molar-refractivity contribution in [2.24, 2.45) is 0 Å². The van der Waals surface area contributed by atoms with Crippen LogP contribution < -0.4 is 5.32 Å². The maximum absolute atomic E-state index is 12.0. The quantitative estimate of drug-likeness (QED) is 0.770. The zero-order chi connectivity index (χ0) is 15.7. The Bertz CT molecular complexity index is 459. The number of hydrogen-bond donors (Lipinski definition) is 2. The molecule has 0 fully saturated rings. The third-order valence-electron chi connectivity index (χ3n) is 2.45. The smallest absolute Gasteiger partial charge is 0.408 e. The van der Waals surface area contributed by atoms with Gasteiger partial charge in [-0.15, -0.1) is 0 Å². The van der Waals surface area contributed by atoms with Crippen molar-refractivity contribution in [3.63, 3.8) is 0 Å². The minimum absolute atomic E-state index is 0.00476. The summed E-state index contributed by atoms with van der Waals surface area (Å²) in [5, 5.41) is 11.0. The van der Waals surface area contributed by atoms with Gasteiger partial charge in [-0.05, 0) is 12.0 Å². The first kappa shape index (κ1) is 17.2. The van der Waals surface area contributed by atoms with Gasteiger partial charge in [-0.25, -0.2) is 9.59 Å². The number of carboxylic acid groups (broad SMARTS) is 1. The lowest BCUT2D eigenvalue weighted by Gasteiger charge is -2.14. The van der Waals surface area contributed by atoms with Crippen LogP contribution in [0.1, 0.15) is 12.0 Å². The van der Waals surface area contributed by atoms with Crippen molar-refractivity contribution in [2.45, 2.75) is 24.8 Å². The number of carbonyl (C=O) groups is 2. The maximum Gasteiger partial charge on any atom is 0.408 e. The van der Waals surface area contributed by atoms with E-state index in [0.29, 0.717) is 11.8 Å². The van der Waals surface area contributed by atoms with E-state index in [9.17, 15) is 18.4 Å². The predicted molar refractivity (Wildman–Crippen MR) is 74.3 cm³/mol. The lowest BCUT2D eigenvalue weighted by Crippen LogP contribution is -2.41. The second-order valence-corrected chi connectivity index (χ2v) is 5.11. The molecule has 0 aliphatic heterocycles. The van der Waals surface area contributed by atoms with E-state index in [1.807, 2.05) is 6.07 Å². The average molecular weight is 319 g/mol. The molecule has 0 radical (unpaired) electrons. The molecule has 0 aliphatic rings. The second kappa shape index (κ2) is 9.17. The lowest BCUT2D eigenvalue weighted by molar-refractivity contribution is -0.139. The minimum Gasteiger partial charge on any atom is -0.480 e. The van der Waals surface area contributed by atoms with Gasteiger partial charge >= 0.3 is 12.1 Å². The molecular weight excluding hydrogens is 304 g/mol. The molecule has 0 heterocycles. The Labute approximate surface area is 124 Å². The van der Waals surface area contributed by atoms with Crippen molar-refractivity contribution in [1.29, 1.82) is 0 Å². The minimum atomic E-state index is -2.57. The molecule has 5 nitrogen and oxygen atoms in total. The van der Waals surface area contributed by atoms with Gasteiger partial charge < -0.3 is 15.2 Å². The summed E-state index contributed by atoms with van der Waals surface area (Å²) in [5.74, 6) is -3.93. The van der Waals surface area contributed by atoms with Crippen LogP contribution in [0.5, 0.6) is 0 Å². The predicted octanol–water partition coefficient (Wildman–Crippen LogP) is 2.71. The molecule has 1 aromatic carbocycles. The number of nitrogens with one attached hydrogen (secondary N) is 1. The highest BCUT2D eigenvalue weighted by atomic mass is 32.2. The highest BCUT2D eigenvalue weighted by Crippen LogP contribution is 2.15. The van der Waals surface area contributed by atoms with Gasteiger partial charge in [0.2, 0.25) is 0 Å². The van der Waals surface area contributed by atoms with E-state index >= 15 is 0 Å². The van der Waals surface area contributed by atoms with Gasteiger partial charge in [0.1, 0.15) is 12.6 Å². The average Bonchev–Trinajstić information content (AvgIpc) is 2.44. The molecule has 8 heteroatoms. The number of carboxylic acids is 1. The Kier molecular flexibility index (Phi) is 7.52. The highest BCUT2D eigenvalue weighted by Gasteiger charge is 2.21. The van der Waals surface area contributed by atoms with E-state index < -0.39 is 23.9 Å². The number of alkyl halides is 2. The standard InChI is InChI=1S/C13H15F2NO4S/c14-12(15)21-7-6-10(11(17)18)16-13(19)20-8-9-4-2-1-3-5-9/h1-5,10,12H,6-8H2,(H,16,19)(H,17,18). The van der Waals surface area contributed by atoms with Crippen molar-refractivity contribution in [3.8, 4) is 0 Å². The molecule has 0 saturated heterocycles. The molecule has 0 saturated carbocycles. The molecule has 1 atom stereocenters. The zero-order valence-corrected chi connectivity index (χ0v) is 11.8. The van der Waals surface area contributed by atoms with E-state index in [1.165, 1.54) is 0 Å². The van der Waals surface area contributed by atoms with Crippen molar-refractivity contribution in [3.05, 3.63) is 35.9 Å². The molecule has 0 bridgehead atoms. The number of ether oxygens (including phenoxy) is 1. The molecule has 0 spiro atoms. The van der Waals surface area contributed by atoms with E-state index in [-0.39, 0.29) is 18.8 Å². The number of hydrogen-bond acceptors (Lipinski definition) is 4. The third kappa shape index (κ3) is 7.50. The van der Waals surface area contributed by atoms with Crippen LogP contribution in [0.2, 0.25) is 0 Å². The van der Waals surface area contributed by atoms with Crippen LogP contribution in [-0.4, -0.2) is 34.7 Å². The van der Waals surface area contributed by atoms with Gasteiger partial charge in [-0.1, -0.05) is 42.1 Å². The summed E-state index contributed by atoms with van der Waals surface area (Å²) < 4.78 is 28.8. The van der Waals surface area contributed by atoms with Gasteiger partial charge in [0.15, 0.2) is 0 Å². The summed E-state index contributed by atoms with van der Waals surface area (Å²) >= 11 is 0.326. The Hall–Kier alpha value is -1.83. The fourth-order valence-corrected chi connectivity index (χ4v) is 1.99. The largest absolute Gasteiger partial charge is 0.480 e. The summed E-state index contributed by atoms with van der Waals surface area (Å²) in [6.07, 6.45) is -1.00. The van der Waals surface area contributed by atoms with Crippen LogP contribution >= 0.6 is 11.8 Å². The second-order valence-electron chi connectivity index (χ2n) is 4.02. The number of halogens is 2. The molecule has 0 aromatic heterocycles. The van der Waals surface area contributed by atoms with Crippen LogP contribution in [0.4, 0.5) is 13.6 Å². The molecule has 1 amide bonds. The fraction of sp³-hybridized carbons (Fsp3) is 0.385. The van der Waals surface area contributed by atoms with Gasteiger partial charge in [0, 0.05) is 5.75 Å². The van der Waals surface area contributed by atoms with Crippen molar-refractivity contribution in [2.75, 3.05) is 5.75 Å². The van der Waals surface area contributed by atoms with E-state index in [0.717, 1.165) is 5.56 Å². The van der Waals surface area contributed by atoms with Gasteiger partial charge in [0.05, 0.1) is 0 Å². The van der Waals surface area contributed by atoms with E-state index in [4.69, 9.17) is 9.84 Å². The first-order valence-electron chi connectivity index (χ1n) is 6.09. The fourth-order valence-electron chi connectivity index (χ4n) is 1.44. The van der Waals surface area contributed by atoms with Gasteiger partial charge in [-0.2, -0.15) is 8.78 Å². The van der Waals surface area contributed by atoms with Crippen molar-refractivity contribution >= 4 is 23.8 Å². The number of carbonyl (C=O) groups excluding carboxylic acids is 1. The Morgan fingerprint density at radius 3 is 2.52 bits per heavy atom. The normalized spacial score (nSPS) is 12.0. The number of benzene rings is 1. The molecule has 1 aromatic rings. The summed E-state index contributed by atoms with van der Waals surface area (Å²) in [6, 6.07) is 7.61. The third-order valence-corrected chi connectivity index (χ3v) is 3.18. The molecule has 1 rings (SSSR count). The Morgan fingerprint density at radius 2 is 1.95 bits per heavy atom. The first-order chi connectivity index (χ1) is 9.99. The molecule has 116 valence electrons. The van der Waals surface area contributed by atoms with Crippen LogP contribution in [0, 0.1) is 0 Å². The molecular formula is C13H15F2NO4S. The van der Waals surface area contributed by atoms with Gasteiger partial charge in [0.25, 0.3) is 5.76 Å². The van der Waals surface area contributed by atoms with Crippen molar-refractivity contribution in [1.82, 2.24) is 5.32 Å². The molecule has 2 N–H and O–H groups in total. The summed E-state index contributed by atoms with van der Waals surface area (Å²) in [5.41, 5.74) is 0.757. The van der Waals surface area contributed by atoms with Crippen LogP contribution in [0.15, 0.2) is 30.3 Å². The summed E-state index contributed by atoms with van der Waals surface area (Å²) in [6.45, 7) is 0.00476. The zero-order valence-electron chi connectivity index (χ0n) is 11.0. The number of alkyl carbamates (subject to hydrolysis) is 1. The SMILES string of the molecule is O=C(NC(CCSC(F)F)C(=O)O)OCc1ccccc1. The van der Waals surface area contributed by atoms with E-state index in [2.05, 4.69) is 5.32 Å². The Morgan fingerprint density at radius 1 is 1.29 bits per heavy atom. The maximum atomic E-state index is 12.0. The number of rotatable bonds is 8. The van der Waals surface area contributed by atoms with Crippen LogP contribution in [0.25, 0.3) is 0 Å². The number of amides is 1. The molecule has 1 unspecified atom stereocenters. The molecule has 0 aliphatic carbocycles. The lowest BCUT2D eigenvalue weighted by atomic mass is 10.2. The van der Waals surface area contributed by atoms with Crippen LogP contribution in [0.3, 0.4) is 0 Å². The summed E-state index contributed by atoms with van der Waals surface area (Å²) in [7, 11) is 0. The number of aliphatic carboxylic acids is 1. The van der Waals surface area contributed by atoms with E-state index in [1.54, 1.807) is 24.3 Å². The van der Waals surface area contributed by atoms with Crippen molar-refractivity contribution < 1.29 is 28.2 Å². The molecule has 21 heavy (non-hydrogen) atoms.